The number of halogens is 1. The lowest BCUT2D eigenvalue weighted by Crippen LogP contribution is -2.42. The Balaban J connectivity index is 1.60. The third-order valence-electron chi connectivity index (χ3n) is 5.03. The van der Waals surface area contributed by atoms with Crippen LogP contribution in [0.2, 0.25) is 5.02 Å². The minimum absolute atomic E-state index is 0.110. The number of hydrogen-bond acceptors (Lipinski definition) is 4. The molecule has 2 aromatic carbocycles. The number of benzene rings is 2. The van der Waals surface area contributed by atoms with Gasteiger partial charge >= 0.3 is 0 Å². The highest BCUT2D eigenvalue weighted by Gasteiger charge is 2.25. The molecule has 0 aliphatic carbocycles. The van der Waals surface area contributed by atoms with Crippen molar-refractivity contribution in [2.24, 2.45) is 0 Å². The zero-order valence-electron chi connectivity index (χ0n) is 16.4. The number of ether oxygens (including phenoxy) is 2. The Hall–Kier alpha value is -2.24. The Labute approximate surface area is 171 Å². The van der Waals surface area contributed by atoms with E-state index in [0.717, 1.165) is 24.4 Å². The summed E-state index contributed by atoms with van der Waals surface area (Å²) >= 11 is 6.19. The fraction of sp³-hybridized carbons (Fsp3) is 0.409. The average Bonchev–Trinajstić information content (AvgIpc) is 3.23. The van der Waals surface area contributed by atoms with Gasteiger partial charge < -0.3 is 14.8 Å². The second kappa shape index (κ2) is 9.80. The normalized spacial score (nSPS) is 16.4. The van der Waals surface area contributed by atoms with E-state index in [0.29, 0.717) is 17.3 Å². The van der Waals surface area contributed by atoms with Crippen molar-refractivity contribution < 1.29 is 14.3 Å². The molecule has 5 nitrogen and oxygen atoms in total. The number of carbonyl (C=O) groups is 1. The summed E-state index contributed by atoms with van der Waals surface area (Å²) in [6.45, 7) is 4.34. The van der Waals surface area contributed by atoms with Gasteiger partial charge in [-0.2, -0.15) is 0 Å². The van der Waals surface area contributed by atoms with E-state index in [1.807, 2.05) is 30.3 Å². The number of amides is 1. The zero-order valence-corrected chi connectivity index (χ0v) is 17.1. The van der Waals surface area contributed by atoms with Crippen LogP contribution in [-0.2, 0) is 4.79 Å². The van der Waals surface area contributed by atoms with Gasteiger partial charge in [0, 0.05) is 11.6 Å². The summed E-state index contributed by atoms with van der Waals surface area (Å²) in [5.41, 5.74) is 1.12. The van der Waals surface area contributed by atoms with Crippen LogP contribution in [0, 0.1) is 0 Å². The van der Waals surface area contributed by atoms with E-state index in [1.165, 1.54) is 12.8 Å². The van der Waals surface area contributed by atoms with Crippen molar-refractivity contribution in [3.63, 3.8) is 0 Å². The quantitative estimate of drug-likeness (QED) is 0.723. The van der Waals surface area contributed by atoms with E-state index in [2.05, 4.69) is 16.3 Å². The summed E-state index contributed by atoms with van der Waals surface area (Å²) < 4.78 is 10.9. The first kappa shape index (κ1) is 20.5. The number of carbonyl (C=O) groups excluding carboxylic acids is 1. The second-order valence-electron chi connectivity index (χ2n) is 6.99. The molecule has 0 radical (unpaired) electrons. The summed E-state index contributed by atoms with van der Waals surface area (Å²) in [6, 6.07) is 15.2. The molecular formula is C22H27ClN2O3. The molecule has 1 heterocycles. The van der Waals surface area contributed by atoms with Gasteiger partial charge in [0.05, 0.1) is 13.2 Å². The molecule has 0 saturated carbocycles. The van der Waals surface area contributed by atoms with Gasteiger partial charge in [-0.05, 0) is 74.8 Å². The summed E-state index contributed by atoms with van der Waals surface area (Å²) in [5.74, 6) is 1.25. The monoisotopic (exact) mass is 402 g/mol. The fourth-order valence-electron chi connectivity index (χ4n) is 3.48. The van der Waals surface area contributed by atoms with Crippen molar-refractivity contribution in [3.8, 4) is 11.5 Å². The van der Waals surface area contributed by atoms with Crippen molar-refractivity contribution in [1.82, 2.24) is 10.2 Å². The molecule has 0 bridgehead atoms. The van der Waals surface area contributed by atoms with Crippen LogP contribution < -0.4 is 14.8 Å². The van der Waals surface area contributed by atoms with E-state index < -0.39 is 6.10 Å². The molecule has 0 aromatic heterocycles. The van der Waals surface area contributed by atoms with Gasteiger partial charge in [-0.3, -0.25) is 9.69 Å². The molecule has 28 heavy (non-hydrogen) atoms. The number of likely N-dealkylation sites (tertiary alicyclic amines) is 1. The summed E-state index contributed by atoms with van der Waals surface area (Å²) in [4.78, 5) is 15.0. The molecule has 2 aromatic rings. The molecule has 1 amide bonds. The lowest BCUT2D eigenvalue weighted by atomic mass is 10.1. The van der Waals surface area contributed by atoms with E-state index in [9.17, 15) is 4.79 Å². The highest BCUT2D eigenvalue weighted by atomic mass is 35.5. The molecule has 1 N–H and O–H groups in total. The van der Waals surface area contributed by atoms with Gasteiger partial charge in [0.25, 0.3) is 5.91 Å². The van der Waals surface area contributed by atoms with E-state index in [-0.39, 0.29) is 11.9 Å². The minimum Gasteiger partial charge on any atom is -0.497 e. The van der Waals surface area contributed by atoms with Crippen LogP contribution in [0.15, 0.2) is 48.5 Å². The molecule has 3 rings (SSSR count). The van der Waals surface area contributed by atoms with Gasteiger partial charge in [0.1, 0.15) is 11.5 Å². The average molecular weight is 403 g/mol. The Morgan fingerprint density at radius 2 is 1.82 bits per heavy atom. The Kier molecular flexibility index (Phi) is 7.18. The number of methoxy groups -OCH3 is 1. The van der Waals surface area contributed by atoms with Crippen molar-refractivity contribution in [2.45, 2.75) is 31.9 Å². The van der Waals surface area contributed by atoms with Gasteiger partial charge in [-0.25, -0.2) is 0 Å². The van der Waals surface area contributed by atoms with E-state index >= 15 is 0 Å². The molecule has 150 valence electrons. The van der Waals surface area contributed by atoms with Crippen LogP contribution in [0.5, 0.6) is 11.5 Å². The first-order valence-corrected chi connectivity index (χ1v) is 10.0. The Bertz CT molecular complexity index is 776. The molecule has 1 aliphatic heterocycles. The fourth-order valence-corrected chi connectivity index (χ4v) is 3.68. The Morgan fingerprint density at radius 3 is 2.46 bits per heavy atom. The molecule has 1 saturated heterocycles. The van der Waals surface area contributed by atoms with Crippen molar-refractivity contribution in [1.29, 1.82) is 0 Å². The van der Waals surface area contributed by atoms with Crippen LogP contribution >= 0.6 is 11.6 Å². The number of rotatable bonds is 8. The van der Waals surface area contributed by atoms with Crippen LogP contribution in [0.4, 0.5) is 0 Å². The number of hydrogen-bond donors (Lipinski definition) is 1. The third kappa shape index (κ3) is 5.40. The topological polar surface area (TPSA) is 50.8 Å². The number of nitrogens with zero attached hydrogens (tertiary/aromatic N) is 1. The summed E-state index contributed by atoms with van der Waals surface area (Å²) in [7, 11) is 1.61. The summed E-state index contributed by atoms with van der Waals surface area (Å²) in [6.07, 6.45) is 1.77. The van der Waals surface area contributed by atoms with Crippen molar-refractivity contribution in [2.75, 3.05) is 26.7 Å². The SMILES string of the molecule is COc1ccc(OC(C)C(=O)NCC(c2cccc(Cl)c2)N2CCCC2)cc1. The number of nitrogens with one attached hydrogen (secondary N) is 1. The second-order valence-corrected chi connectivity index (χ2v) is 7.43. The molecule has 2 atom stereocenters. The first-order chi connectivity index (χ1) is 13.6. The predicted molar refractivity (Wildman–Crippen MR) is 111 cm³/mol. The minimum atomic E-state index is -0.591. The van der Waals surface area contributed by atoms with E-state index in [1.54, 1.807) is 26.2 Å². The molecule has 2 unspecified atom stereocenters. The molecular weight excluding hydrogens is 376 g/mol. The van der Waals surface area contributed by atoms with Gasteiger partial charge in [-0.1, -0.05) is 23.7 Å². The largest absolute Gasteiger partial charge is 0.497 e. The molecule has 6 heteroatoms. The zero-order chi connectivity index (χ0) is 19.9. The maximum atomic E-state index is 12.6. The highest BCUT2D eigenvalue weighted by Crippen LogP contribution is 2.26. The van der Waals surface area contributed by atoms with Crippen LogP contribution in [-0.4, -0.2) is 43.7 Å². The predicted octanol–water partition coefficient (Wildman–Crippen LogP) is 4.07. The summed E-state index contributed by atoms with van der Waals surface area (Å²) in [5, 5.41) is 3.76. The van der Waals surface area contributed by atoms with Gasteiger partial charge in [-0.15, -0.1) is 0 Å². The smallest absolute Gasteiger partial charge is 0.260 e. The maximum absolute atomic E-state index is 12.6. The third-order valence-corrected chi connectivity index (χ3v) is 5.26. The van der Waals surface area contributed by atoms with Crippen molar-refractivity contribution >= 4 is 17.5 Å². The standard InChI is InChI=1S/C22H27ClN2O3/c1-16(28-20-10-8-19(27-2)9-11-20)22(26)24-15-21(25-12-3-4-13-25)17-6-5-7-18(23)14-17/h5-11,14,16,21H,3-4,12-13,15H2,1-2H3,(H,24,26). The molecule has 1 fully saturated rings. The van der Waals surface area contributed by atoms with Crippen LogP contribution in [0.3, 0.4) is 0 Å². The Morgan fingerprint density at radius 1 is 1.14 bits per heavy atom. The highest BCUT2D eigenvalue weighted by molar-refractivity contribution is 6.30. The van der Waals surface area contributed by atoms with E-state index in [4.69, 9.17) is 21.1 Å². The van der Waals surface area contributed by atoms with Gasteiger partial charge in [0.2, 0.25) is 0 Å². The van der Waals surface area contributed by atoms with Crippen LogP contribution in [0.1, 0.15) is 31.4 Å². The first-order valence-electron chi connectivity index (χ1n) is 9.65. The maximum Gasteiger partial charge on any atom is 0.260 e. The molecule has 1 aliphatic rings. The lowest BCUT2D eigenvalue weighted by molar-refractivity contribution is -0.127. The lowest BCUT2D eigenvalue weighted by Gasteiger charge is -2.29. The molecule has 0 spiro atoms. The van der Waals surface area contributed by atoms with Crippen LogP contribution in [0.25, 0.3) is 0 Å². The van der Waals surface area contributed by atoms with Crippen molar-refractivity contribution in [3.05, 3.63) is 59.1 Å². The van der Waals surface area contributed by atoms with Gasteiger partial charge in [0.15, 0.2) is 6.10 Å².